The summed E-state index contributed by atoms with van der Waals surface area (Å²) in [4.78, 5) is 16.5. The van der Waals surface area contributed by atoms with Crippen LogP contribution in [0.25, 0.3) is 0 Å². The van der Waals surface area contributed by atoms with Crippen LogP contribution in [0, 0.1) is 0 Å². The summed E-state index contributed by atoms with van der Waals surface area (Å²) < 4.78 is 5.25. The van der Waals surface area contributed by atoms with Crippen molar-refractivity contribution in [2.75, 3.05) is 37.6 Å². The second-order valence-electron chi connectivity index (χ2n) is 5.71. The van der Waals surface area contributed by atoms with Crippen LogP contribution < -0.4 is 10.2 Å². The number of nitrogens with zero attached hydrogens (tertiary/aromatic N) is 2. The Morgan fingerprint density at radius 1 is 1.04 bits per heavy atom. The van der Waals surface area contributed by atoms with Gasteiger partial charge in [-0.05, 0) is 24.3 Å². The van der Waals surface area contributed by atoms with E-state index in [1.54, 1.807) is 6.26 Å². The highest BCUT2D eigenvalue weighted by molar-refractivity contribution is 5.76. The molecular formula is C18H23N3O2. The number of para-hydroxylation sites is 1. The van der Waals surface area contributed by atoms with Gasteiger partial charge < -0.3 is 19.5 Å². The van der Waals surface area contributed by atoms with Gasteiger partial charge in [-0.15, -0.1) is 0 Å². The zero-order chi connectivity index (χ0) is 15.9. The lowest BCUT2D eigenvalue weighted by atomic mass is 10.2. The molecule has 1 fully saturated rings. The van der Waals surface area contributed by atoms with Crippen molar-refractivity contribution in [3.8, 4) is 0 Å². The molecule has 23 heavy (non-hydrogen) atoms. The van der Waals surface area contributed by atoms with E-state index in [0.29, 0.717) is 19.5 Å². The van der Waals surface area contributed by atoms with Crippen molar-refractivity contribution in [1.29, 1.82) is 0 Å². The highest BCUT2D eigenvalue weighted by Crippen LogP contribution is 2.15. The molecule has 0 saturated carbocycles. The van der Waals surface area contributed by atoms with Crippen LogP contribution in [0.5, 0.6) is 0 Å². The van der Waals surface area contributed by atoms with E-state index in [1.807, 2.05) is 23.1 Å². The van der Waals surface area contributed by atoms with E-state index in [0.717, 1.165) is 31.9 Å². The number of benzene rings is 1. The summed E-state index contributed by atoms with van der Waals surface area (Å²) in [5.74, 6) is 1.12. The van der Waals surface area contributed by atoms with Crippen molar-refractivity contribution in [3.05, 3.63) is 54.5 Å². The van der Waals surface area contributed by atoms with Crippen molar-refractivity contribution in [2.45, 2.75) is 13.0 Å². The third-order valence-electron chi connectivity index (χ3n) is 4.15. The lowest BCUT2D eigenvalue weighted by Gasteiger charge is -2.36. The largest absolute Gasteiger partial charge is 0.468 e. The Bertz CT molecular complexity index is 590. The topological polar surface area (TPSA) is 48.7 Å². The molecule has 2 heterocycles. The molecule has 0 bridgehead atoms. The van der Waals surface area contributed by atoms with Crippen molar-refractivity contribution in [3.63, 3.8) is 0 Å². The van der Waals surface area contributed by atoms with Gasteiger partial charge >= 0.3 is 0 Å². The van der Waals surface area contributed by atoms with Crippen LogP contribution in [0.2, 0.25) is 0 Å². The molecule has 1 saturated heterocycles. The smallest absolute Gasteiger partial charge is 0.223 e. The monoisotopic (exact) mass is 313 g/mol. The minimum absolute atomic E-state index is 0.227. The van der Waals surface area contributed by atoms with E-state index in [4.69, 9.17) is 4.42 Å². The number of carbonyl (C=O) groups is 1. The number of piperazine rings is 1. The number of nitrogens with one attached hydrogen (secondary N) is 1. The van der Waals surface area contributed by atoms with E-state index in [2.05, 4.69) is 34.5 Å². The average molecular weight is 313 g/mol. The first kappa shape index (κ1) is 15.6. The molecule has 5 heteroatoms. The van der Waals surface area contributed by atoms with Crippen LogP contribution in [0.1, 0.15) is 12.2 Å². The van der Waals surface area contributed by atoms with Crippen LogP contribution in [-0.2, 0) is 11.3 Å². The molecule has 5 nitrogen and oxygen atoms in total. The van der Waals surface area contributed by atoms with Crippen molar-refractivity contribution in [2.24, 2.45) is 0 Å². The molecule has 1 aromatic carbocycles. The number of rotatable bonds is 6. The van der Waals surface area contributed by atoms with Gasteiger partial charge in [-0.3, -0.25) is 4.79 Å². The maximum Gasteiger partial charge on any atom is 0.223 e. The van der Waals surface area contributed by atoms with Gasteiger partial charge in [-0.25, -0.2) is 0 Å². The summed E-state index contributed by atoms with van der Waals surface area (Å²) in [5, 5.41) is 3.24. The summed E-state index contributed by atoms with van der Waals surface area (Å²) >= 11 is 0. The molecule has 1 amide bonds. The Hall–Kier alpha value is -2.27. The van der Waals surface area contributed by atoms with Gasteiger partial charge in [0.25, 0.3) is 0 Å². The summed E-state index contributed by atoms with van der Waals surface area (Å²) in [6.07, 6.45) is 2.19. The van der Waals surface area contributed by atoms with E-state index >= 15 is 0 Å². The fourth-order valence-electron chi connectivity index (χ4n) is 2.83. The third-order valence-corrected chi connectivity index (χ3v) is 4.15. The predicted octanol–water partition coefficient (Wildman–Crippen LogP) is 2.11. The first-order valence-electron chi connectivity index (χ1n) is 8.14. The van der Waals surface area contributed by atoms with Crippen molar-refractivity contribution < 1.29 is 9.21 Å². The minimum Gasteiger partial charge on any atom is -0.468 e. The molecule has 0 spiro atoms. The molecule has 1 aliphatic heterocycles. The Morgan fingerprint density at radius 3 is 2.52 bits per heavy atom. The molecular weight excluding hydrogens is 290 g/mol. The quantitative estimate of drug-likeness (QED) is 0.830. The Kier molecular flexibility index (Phi) is 5.32. The Morgan fingerprint density at radius 2 is 1.83 bits per heavy atom. The van der Waals surface area contributed by atoms with Gasteiger partial charge in [0.2, 0.25) is 5.91 Å². The highest BCUT2D eigenvalue weighted by atomic mass is 16.3. The van der Waals surface area contributed by atoms with E-state index in [9.17, 15) is 4.79 Å². The maximum absolute atomic E-state index is 12.2. The Labute approximate surface area is 136 Å². The second kappa shape index (κ2) is 7.83. The molecule has 0 atom stereocenters. The van der Waals surface area contributed by atoms with Gasteiger partial charge in [0.1, 0.15) is 5.76 Å². The van der Waals surface area contributed by atoms with Gasteiger partial charge in [-0.2, -0.15) is 0 Å². The number of amides is 1. The van der Waals surface area contributed by atoms with E-state index in [1.165, 1.54) is 5.69 Å². The third kappa shape index (κ3) is 4.36. The molecule has 0 aliphatic carbocycles. The number of hydrogen-bond acceptors (Lipinski definition) is 4. The standard InChI is InChI=1S/C18H23N3O2/c22-18(8-9-19-15-17-7-4-14-23-17)21-12-10-20(11-13-21)16-5-2-1-3-6-16/h1-7,14,19H,8-13,15H2. The Balaban J connectivity index is 1.36. The number of anilines is 1. The molecule has 1 aromatic heterocycles. The maximum atomic E-state index is 12.2. The SMILES string of the molecule is O=C(CCNCc1ccco1)N1CCN(c2ccccc2)CC1. The highest BCUT2D eigenvalue weighted by Gasteiger charge is 2.20. The van der Waals surface area contributed by atoms with Crippen LogP contribution in [0.3, 0.4) is 0 Å². The lowest BCUT2D eigenvalue weighted by molar-refractivity contribution is -0.131. The molecule has 0 unspecified atom stereocenters. The zero-order valence-corrected chi connectivity index (χ0v) is 13.3. The fraction of sp³-hybridized carbons (Fsp3) is 0.389. The normalized spacial score (nSPS) is 15.0. The van der Waals surface area contributed by atoms with Crippen LogP contribution in [0.4, 0.5) is 5.69 Å². The van der Waals surface area contributed by atoms with Crippen LogP contribution in [0.15, 0.2) is 53.1 Å². The summed E-state index contributed by atoms with van der Waals surface area (Å²) in [6.45, 7) is 4.74. The number of hydrogen-bond donors (Lipinski definition) is 1. The van der Waals surface area contributed by atoms with Gasteiger partial charge in [0.15, 0.2) is 0 Å². The van der Waals surface area contributed by atoms with Crippen LogP contribution in [-0.4, -0.2) is 43.5 Å². The van der Waals surface area contributed by atoms with Gasteiger partial charge in [0, 0.05) is 44.8 Å². The first-order valence-corrected chi connectivity index (χ1v) is 8.14. The molecule has 3 rings (SSSR count). The van der Waals surface area contributed by atoms with Crippen molar-refractivity contribution in [1.82, 2.24) is 10.2 Å². The summed E-state index contributed by atoms with van der Waals surface area (Å²) in [6, 6.07) is 14.2. The lowest BCUT2D eigenvalue weighted by Crippen LogP contribution is -2.49. The number of furan rings is 1. The number of carbonyl (C=O) groups excluding carboxylic acids is 1. The van der Waals surface area contributed by atoms with Crippen LogP contribution >= 0.6 is 0 Å². The first-order chi connectivity index (χ1) is 11.3. The molecule has 2 aromatic rings. The second-order valence-corrected chi connectivity index (χ2v) is 5.71. The minimum atomic E-state index is 0.227. The summed E-state index contributed by atoms with van der Waals surface area (Å²) in [5.41, 5.74) is 1.24. The van der Waals surface area contributed by atoms with E-state index < -0.39 is 0 Å². The summed E-state index contributed by atoms with van der Waals surface area (Å²) in [7, 11) is 0. The molecule has 1 aliphatic rings. The molecule has 1 N–H and O–H groups in total. The predicted molar refractivity (Wildman–Crippen MR) is 90.3 cm³/mol. The van der Waals surface area contributed by atoms with E-state index in [-0.39, 0.29) is 5.91 Å². The zero-order valence-electron chi connectivity index (χ0n) is 13.3. The molecule has 122 valence electrons. The fourth-order valence-corrected chi connectivity index (χ4v) is 2.83. The van der Waals surface area contributed by atoms with Gasteiger partial charge in [0.05, 0.1) is 12.8 Å². The molecule has 0 radical (unpaired) electrons. The van der Waals surface area contributed by atoms with Gasteiger partial charge in [-0.1, -0.05) is 18.2 Å². The average Bonchev–Trinajstić information content (AvgIpc) is 3.13. The van der Waals surface area contributed by atoms with Crippen molar-refractivity contribution >= 4 is 11.6 Å².